The number of benzene rings is 1. The Kier molecular flexibility index (Phi) is 6.12. The van der Waals surface area contributed by atoms with Gasteiger partial charge in [0.1, 0.15) is 5.82 Å². The van der Waals surface area contributed by atoms with Crippen LogP contribution in [0.25, 0.3) is 0 Å². The van der Waals surface area contributed by atoms with Crippen LogP contribution in [0.4, 0.5) is 4.39 Å². The van der Waals surface area contributed by atoms with Crippen LogP contribution in [0.2, 0.25) is 0 Å². The Morgan fingerprint density at radius 3 is 2.74 bits per heavy atom. The molecule has 1 saturated heterocycles. The SMILES string of the molecule is CCN(CCc1ccccc1F)CC(=O)N[C@@H]1CCS(=O)(=O)C1. The molecule has 0 unspecified atom stereocenters. The number of halogens is 1. The Bertz CT molecular complexity index is 648. The highest BCUT2D eigenvalue weighted by Gasteiger charge is 2.29. The Hall–Kier alpha value is -1.47. The Labute approximate surface area is 136 Å². The number of sulfone groups is 1. The zero-order valence-corrected chi connectivity index (χ0v) is 14.1. The predicted molar refractivity (Wildman–Crippen MR) is 87.4 cm³/mol. The molecule has 0 radical (unpaired) electrons. The molecule has 1 aliphatic heterocycles. The standard InChI is InChI=1S/C16H23FN2O3S/c1-2-19(9-7-13-5-3-4-6-15(13)17)11-16(20)18-14-8-10-23(21,22)12-14/h3-6,14H,2,7-12H2,1H3,(H,18,20)/t14-/m1/s1. The van der Waals surface area contributed by atoms with Crippen LogP contribution < -0.4 is 5.32 Å². The smallest absolute Gasteiger partial charge is 0.234 e. The van der Waals surface area contributed by atoms with E-state index in [-0.39, 0.29) is 35.8 Å². The molecular formula is C16H23FN2O3S. The highest BCUT2D eigenvalue weighted by molar-refractivity contribution is 7.91. The van der Waals surface area contributed by atoms with Crippen LogP contribution in [0.1, 0.15) is 18.9 Å². The van der Waals surface area contributed by atoms with Crippen LogP contribution >= 0.6 is 0 Å². The van der Waals surface area contributed by atoms with Crippen molar-refractivity contribution in [2.24, 2.45) is 0 Å². The van der Waals surface area contributed by atoms with Crippen LogP contribution in [0.15, 0.2) is 24.3 Å². The number of hydrogen-bond acceptors (Lipinski definition) is 4. The van der Waals surface area contributed by atoms with Crippen molar-refractivity contribution in [2.45, 2.75) is 25.8 Å². The Morgan fingerprint density at radius 2 is 2.13 bits per heavy atom. The van der Waals surface area contributed by atoms with Crippen molar-refractivity contribution < 1.29 is 17.6 Å². The van der Waals surface area contributed by atoms with Crippen molar-refractivity contribution in [3.63, 3.8) is 0 Å². The average molecular weight is 342 g/mol. The van der Waals surface area contributed by atoms with E-state index in [0.717, 1.165) is 0 Å². The fourth-order valence-corrected chi connectivity index (χ4v) is 4.39. The summed E-state index contributed by atoms with van der Waals surface area (Å²) in [4.78, 5) is 14.0. The summed E-state index contributed by atoms with van der Waals surface area (Å²) in [7, 11) is -3.00. The molecule has 1 atom stereocenters. The molecule has 7 heteroatoms. The van der Waals surface area contributed by atoms with E-state index in [1.54, 1.807) is 18.2 Å². The lowest BCUT2D eigenvalue weighted by Gasteiger charge is -2.21. The topological polar surface area (TPSA) is 66.5 Å². The maximum absolute atomic E-state index is 13.6. The molecule has 0 aliphatic carbocycles. The van der Waals surface area contributed by atoms with Crippen molar-refractivity contribution in [2.75, 3.05) is 31.1 Å². The van der Waals surface area contributed by atoms with Crippen molar-refractivity contribution in [3.05, 3.63) is 35.6 Å². The third-order valence-corrected chi connectivity index (χ3v) is 5.84. The van der Waals surface area contributed by atoms with E-state index in [2.05, 4.69) is 5.32 Å². The summed E-state index contributed by atoms with van der Waals surface area (Å²) in [5.41, 5.74) is 0.633. The number of hydrogen-bond donors (Lipinski definition) is 1. The summed E-state index contributed by atoms with van der Waals surface area (Å²) in [5, 5.41) is 2.77. The first kappa shape index (κ1) is 17.9. The van der Waals surface area contributed by atoms with Crippen molar-refractivity contribution in [3.8, 4) is 0 Å². The van der Waals surface area contributed by atoms with Gasteiger partial charge in [-0.2, -0.15) is 0 Å². The molecule has 5 nitrogen and oxygen atoms in total. The summed E-state index contributed by atoms with van der Waals surface area (Å²) in [5.74, 6) is -0.241. The molecule has 0 saturated carbocycles. The monoisotopic (exact) mass is 342 g/mol. The number of carbonyl (C=O) groups is 1. The molecule has 1 amide bonds. The van der Waals surface area contributed by atoms with Gasteiger partial charge in [0.05, 0.1) is 18.1 Å². The van der Waals surface area contributed by atoms with Crippen molar-refractivity contribution in [1.82, 2.24) is 10.2 Å². The van der Waals surface area contributed by atoms with E-state index in [1.807, 2.05) is 11.8 Å². The number of carbonyl (C=O) groups excluding carboxylic acids is 1. The third kappa shape index (κ3) is 5.58. The molecule has 23 heavy (non-hydrogen) atoms. The number of rotatable bonds is 7. The van der Waals surface area contributed by atoms with E-state index >= 15 is 0 Å². The number of amides is 1. The zero-order valence-electron chi connectivity index (χ0n) is 13.3. The van der Waals surface area contributed by atoms with E-state index in [9.17, 15) is 17.6 Å². The van der Waals surface area contributed by atoms with Crippen LogP contribution in [0.5, 0.6) is 0 Å². The van der Waals surface area contributed by atoms with Gasteiger partial charge in [-0.3, -0.25) is 9.69 Å². The minimum Gasteiger partial charge on any atom is -0.351 e. The first-order chi connectivity index (χ1) is 10.9. The lowest BCUT2D eigenvalue weighted by molar-refractivity contribution is -0.122. The molecule has 1 aromatic rings. The largest absolute Gasteiger partial charge is 0.351 e. The van der Waals surface area contributed by atoms with Gasteiger partial charge in [0, 0.05) is 12.6 Å². The van der Waals surface area contributed by atoms with Crippen LogP contribution in [0.3, 0.4) is 0 Å². The van der Waals surface area contributed by atoms with Gasteiger partial charge in [-0.15, -0.1) is 0 Å². The van der Waals surface area contributed by atoms with Crippen LogP contribution in [0, 0.1) is 5.82 Å². The van der Waals surface area contributed by atoms with E-state index in [4.69, 9.17) is 0 Å². The molecular weight excluding hydrogens is 319 g/mol. The van der Waals surface area contributed by atoms with Gasteiger partial charge in [0.15, 0.2) is 9.84 Å². The first-order valence-corrected chi connectivity index (χ1v) is 9.67. The maximum atomic E-state index is 13.6. The number of nitrogens with one attached hydrogen (secondary N) is 1. The molecule has 2 rings (SSSR count). The third-order valence-electron chi connectivity index (χ3n) is 4.07. The van der Waals surface area contributed by atoms with Gasteiger partial charge in [-0.1, -0.05) is 25.1 Å². The summed E-state index contributed by atoms with van der Waals surface area (Å²) >= 11 is 0. The second kappa shape index (κ2) is 7.88. The molecule has 1 fully saturated rings. The minimum absolute atomic E-state index is 0.0279. The molecule has 1 heterocycles. The molecule has 0 aromatic heterocycles. The second-order valence-electron chi connectivity index (χ2n) is 5.88. The lowest BCUT2D eigenvalue weighted by atomic mass is 10.1. The summed E-state index contributed by atoms with van der Waals surface area (Å²) < 4.78 is 36.4. The van der Waals surface area contributed by atoms with Gasteiger partial charge in [-0.25, -0.2) is 12.8 Å². The second-order valence-corrected chi connectivity index (χ2v) is 8.11. The number of likely N-dealkylation sites (N-methyl/N-ethyl adjacent to an activating group) is 1. The minimum atomic E-state index is -3.00. The number of nitrogens with zero attached hydrogens (tertiary/aromatic N) is 1. The van der Waals surface area contributed by atoms with Crippen LogP contribution in [-0.2, 0) is 21.1 Å². The Balaban J connectivity index is 1.80. The lowest BCUT2D eigenvalue weighted by Crippen LogP contribution is -2.43. The Morgan fingerprint density at radius 1 is 1.39 bits per heavy atom. The van der Waals surface area contributed by atoms with Crippen molar-refractivity contribution in [1.29, 1.82) is 0 Å². The fourth-order valence-electron chi connectivity index (χ4n) is 2.71. The van der Waals surface area contributed by atoms with E-state index in [0.29, 0.717) is 31.5 Å². The normalized spacial score (nSPS) is 19.9. The highest BCUT2D eigenvalue weighted by Crippen LogP contribution is 2.11. The molecule has 1 N–H and O–H groups in total. The van der Waals surface area contributed by atoms with E-state index < -0.39 is 9.84 Å². The summed E-state index contributed by atoms with van der Waals surface area (Å²) in [6.45, 7) is 3.38. The van der Waals surface area contributed by atoms with Gasteiger partial charge in [0.2, 0.25) is 5.91 Å². The summed E-state index contributed by atoms with van der Waals surface area (Å²) in [6, 6.07) is 6.34. The van der Waals surface area contributed by atoms with Gasteiger partial charge in [0.25, 0.3) is 0 Å². The fraction of sp³-hybridized carbons (Fsp3) is 0.562. The molecule has 1 aliphatic rings. The van der Waals surface area contributed by atoms with Crippen molar-refractivity contribution >= 4 is 15.7 Å². The van der Waals surface area contributed by atoms with Gasteiger partial charge >= 0.3 is 0 Å². The maximum Gasteiger partial charge on any atom is 0.234 e. The average Bonchev–Trinajstić information content (AvgIpc) is 2.83. The molecule has 0 spiro atoms. The summed E-state index contributed by atoms with van der Waals surface area (Å²) in [6.07, 6.45) is 1.01. The quantitative estimate of drug-likeness (QED) is 0.803. The van der Waals surface area contributed by atoms with E-state index in [1.165, 1.54) is 6.07 Å². The first-order valence-electron chi connectivity index (χ1n) is 7.85. The molecule has 0 bridgehead atoms. The zero-order chi connectivity index (χ0) is 16.9. The van der Waals surface area contributed by atoms with Gasteiger partial charge < -0.3 is 5.32 Å². The van der Waals surface area contributed by atoms with Crippen LogP contribution in [-0.4, -0.2) is 56.4 Å². The van der Waals surface area contributed by atoms with Gasteiger partial charge in [-0.05, 0) is 31.0 Å². The molecule has 128 valence electrons. The highest BCUT2D eigenvalue weighted by atomic mass is 32.2. The molecule has 1 aromatic carbocycles. The predicted octanol–water partition coefficient (Wildman–Crippen LogP) is 0.993.